The molecule has 0 aromatic rings. The molecule has 1 fully saturated rings. The van der Waals surface area contributed by atoms with Gasteiger partial charge in [-0.3, -0.25) is 9.59 Å². The summed E-state index contributed by atoms with van der Waals surface area (Å²) in [6, 6.07) is 0. The molecule has 0 aliphatic heterocycles. The first-order chi connectivity index (χ1) is 3.79. The first-order valence-electron chi connectivity index (χ1n) is 2.82. The van der Waals surface area contributed by atoms with Gasteiger partial charge < -0.3 is 0 Å². The molecule has 1 rings (SSSR count). The first-order valence-corrected chi connectivity index (χ1v) is 2.82. The van der Waals surface area contributed by atoms with E-state index in [2.05, 4.69) is 0 Å². The number of Topliss-reactive ketones (excluding diaryl/α,β-unsaturated/α-hetero) is 2. The second kappa shape index (κ2) is 4.20. The van der Waals surface area contributed by atoms with Crippen LogP contribution in [0.1, 0.15) is 25.7 Å². The minimum atomic E-state index is 0. The van der Waals surface area contributed by atoms with Gasteiger partial charge in [0, 0.05) is 42.4 Å². The molecule has 2 nitrogen and oxygen atoms in total. The molecule has 0 aromatic carbocycles. The Morgan fingerprint density at radius 3 is 1.67 bits per heavy atom. The third kappa shape index (κ3) is 3.14. The van der Waals surface area contributed by atoms with Crippen molar-refractivity contribution < 1.29 is 9.59 Å². The van der Waals surface area contributed by atoms with Crippen molar-refractivity contribution in [3.63, 3.8) is 0 Å². The molecular formula is C6H8NaO2. The first kappa shape index (κ1) is 9.34. The average Bonchev–Trinajstić information content (AvgIpc) is 1.64. The molecule has 0 spiro atoms. The summed E-state index contributed by atoms with van der Waals surface area (Å²) in [7, 11) is 0. The molecule has 0 amide bonds. The minimum Gasteiger partial charge on any atom is -0.299 e. The third-order valence-corrected chi connectivity index (χ3v) is 1.31. The van der Waals surface area contributed by atoms with Gasteiger partial charge in [-0.25, -0.2) is 0 Å². The number of carbonyl (C=O) groups excluding carboxylic acids is 2. The van der Waals surface area contributed by atoms with Gasteiger partial charge >= 0.3 is 0 Å². The van der Waals surface area contributed by atoms with E-state index in [0.717, 1.165) is 6.42 Å². The fourth-order valence-electron chi connectivity index (χ4n) is 0.879. The van der Waals surface area contributed by atoms with E-state index in [-0.39, 0.29) is 47.5 Å². The zero-order valence-electron chi connectivity index (χ0n) is 5.64. The Morgan fingerprint density at radius 1 is 1.00 bits per heavy atom. The average molecular weight is 135 g/mol. The zero-order valence-corrected chi connectivity index (χ0v) is 7.64. The van der Waals surface area contributed by atoms with E-state index in [0.29, 0.717) is 12.8 Å². The van der Waals surface area contributed by atoms with Gasteiger partial charge in [-0.1, -0.05) is 0 Å². The molecule has 0 bridgehead atoms. The number of hydrogen-bond acceptors (Lipinski definition) is 2. The van der Waals surface area contributed by atoms with Crippen molar-refractivity contribution in [3.8, 4) is 0 Å². The van der Waals surface area contributed by atoms with E-state index in [1.54, 1.807) is 0 Å². The molecule has 1 saturated carbocycles. The van der Waals surface area contributed by atoms with Crippen LogP contribution in [0.25, 0.3) is 0 Å². The zero-order chi connectivity index (χ0) is 5.98. The number of carbonyl (C=O) groups is 2. The van der Waals surface area contributed by atoms with Crippen LogP contribution in [0.4, 0.5) is 0 Å². The van der Waals surface area contributed by atoms with Crippen LogP contribution in [0.5, 0.6) is 0 Å². The summed E-state index contributed by atoms with van der Waals surface area (Å²) in [5.74, 6) is 0.225. The van der Waals surface area contributed by atoms with E-state index in [1.165, 1.54) is 0 Å². The van der Waals surface area contributed by atoms with Gasteiger partial charge in [0.1, 0.15) is 11.6 Å². The van der Waals surface area contributed by atoms with Gasteiger partial charge in [0.05, 0.1) is 6.42 Å². The van der Waals surface area contributed by atoms with Crippen molar-refractivity contribution in [1.82, 2.24) is 0 Å². The molecule has 9 heavy (non-hydrogen) atoms. The van der Waals surface area contributed by atoms with Crippen LogP contribution >= 0.6 is 0 Å². The normalized spacial score (nSPS) is 19.1. The van der Waals surface area contributed by atoms with Gasteiger partial charge in [0.25, 0.3) is 0 Å². The van der Waals surface area contributed by atoms with Gasteiger partial charge in [-0.2, -0.15) is 0 Å². The smallest absolute Gasteiger partial charge is 0.140 e. The molecule has 0 aromatic heterocycles. The quantitative estimate of drug-likeness (QED) is 0.354. The molecule has 0 saturated heterocycles. The van der Waals surface area contributed by atoms with Gasteiger partial charge in [-0.05, 0) is 6.42 Å². The summed E-state index contributed by atoms with van der Waals surface area (Å²) >= 11 is 0. The molecule has 0 heterocycles. The molecule has 3 heteroatoms. The predicted molar refractivity (Wildman–Crippen MR) is 34.2 cm³/mol. The van der Waals surface area contributed by atoms with Crippen molar-refractivity contribution in [1.29, 1.82) is 0 Å². The minimum absolute atomic E-state index is 0. The number of rotatable bonds is 0. The Morgan fingerprint density at radius 2 is 1.44 bits per heavy atom. The number of ketones is 2. The molecule has 1 aliphatic rings. The van der Waals surface area contributed by atoms with E-state index in [9.17, 15) is 9.59 Å². The van der Waals surface area contributed by atoms with Gasteiger partial charge in [0.2, 0.25) is 0 Å². The Bertz CT molecular complexity index is 117. The number of hydrogen-bond donors (Lipinski definition) is 0. The van der Waals surface area contributed by atoms with Crippen LogP contribution in [0.15, 0.2) is 0 Å². The molecule has 0 unspecified atom stereocenters. The van der Waals surface area contributed by atoms with Gasteiger partial charge in [-0.15, -0.1) is 0 Å². The largest absolute Gasteiger partial charge is 0.299 e. The third-order valence-electron chi connectivity index (χ3n) is 1.31. The van der Waals surface area contributed by atoms with Crippen LogP contribution in [-0.2, 0) is 9.59 Å². The summed E-state index contributed by atoms with van der Waals surface area (Å²) in [6.45, 7) is 0. The Kier molecular flexibility index (Phi) is 4.36. The van der Waals surface area contributed by atoms with Crippen LogP contribution in [0.3, 0.4) is 0 Å². The van der Waals surface area contributed by atoms with Crippen molar-refractivity contribution in [3.05, 3.63) is 0 Å². The summed E-state index contributed by atoms with van der Waals surface area (Å²) in [6.07, 6.45) is 2.20. The standard InChI is InChI=1S/C6H8O2.Na/c7-5-2-1-3-6(8)4-5;/h1-4H2;. The summed E-state index contributed by atoms with van der Waals surface area (Å²) < 4.78 is 0. The van der Waals surface area contributed by atoms with Crippen LogP contribution in [0.2, 0.25) is 0 Å². The Hall–Kier alpha value is 0.340. The van der Waals surface area contributed by atoms with E-state index < -0.39 is 0 Å². The molecule has 45 valence electrons. The maximum atomic E-state index is 10.5. The molecule has 1 aliphatic carbocycles. The molecule has 0 atom stereocenters. The second-order valence-electron chi connectivity index (χ2n) is 2.11. The van der Waals surface area contributed by atoms with Crippen LogP contribution in [-0.4, -0.2) is 41.1 Å². The van der Waals surface area contributed by atoms with E-state index >= 15 is 0 Å². The van der Waals surface area contributed by atoms with Crippen LogP contribution in [0, 0.1) is 0 Å². The predicted octanol–water partition coefficient (Wildman–Crippen LogP) is 0.318. The van der Waals surface area contributed by atoms with Crippen molar-refractivity contribution >= 4 is 41.1 Å². The SMILES string of the molecule is O=C1CCCC(=O)C1.[Na]. The fraction of sp³-hybridized carbons (Fsp3) is 0.667. The fourth-order valence-corrected chi connectivity index (χ4v) is 0.879. The maximum Gasteiger partial charge on any atom is 0.140 e. The van der Waals surface area contributed by atoms with Crippen molar-refractivity contribution in [2.75, 3.05) is 0 Å². The Labute approximate surface area is 76.3 Å². The van der Waals surface area contributed by atoms with E-state index in [4.69, 9.17) is 0 Å². The maximum absolute atomic E-state index is 10.5. The van der Waals surface area contributed by atoms with E-state index in [1.807, 2.05) is 0 Å². The molecular weight excluding hydrogens is 127 g/mol. The Balaban J connectivity index is 0.000000640. The topological polar surface area (TPSA) is 34.1 Å². The molecule has 0 N–H and O–H groups in total. The van der Waals surface area contributed by atoms with Crippen molar-refractivity contribution in [2.24, 2.45) is 0 Å². The van der Waals surface area contributed by atoms with Crippen LogP contribution < -0.4 is 0 Å². The monoisotopic (exact) mass is 135 g/mol. The van der Waals surface area contributed by atoms with Crippen molar-refractivity contribution in [2.45, 2.75) is 25.7 Å². The molecule has 1 radical (unpaired) electrons. The summed E-state index contributed by atoms with van der Waals surface area (Å²) in [4.78, 5) is 20.9. The summed E-state index contributed by atoms with van der Waals surface area (Å²) in [5, 5.41) is 0. The van der Waals surface area contributed by atoms with Gasteiger partial charge in [0.15, 0.2) is 0 Å². The summed E-state index contributed by atoms with van der Waals surface area (Å²) in [5.41, 5.74) is 0. The second-order valence-corrected chi connectivity index (χ2v) is 2.11.